The topological polar surface area (TPSA) is 35.5 Å². The molecule has 23 heavy (non-hydrogen) atoms. The standard InChI is InChI=1S/C18H16Br2O3/c1-12(21)23-17-10-18(22-11-17,13-2-6-15(19)7-3-13)14-4-8-16(20)9-5-14/h2-9,17H,10-11H2,1H3. The zero-order valence-electron chi connectivity index (χ0n) is 12.6. The normalized spacial score (nSPS) is 19.5. The molecule has 1 saturated heterocycles. The summed E-state index contributed by atoms with van der Waals surface area (Å²) in [5, 5.41) is 0. The van der Waals surface area contributed by atoms with Gasteiger partial charge in [-0.25, -0.2) is 0 Å². The lowest BCUT2D eigenvalue weighted by Gasteiger charge is -2.29. The molecule has 2 aromatic carbocycles. The van der Waals surface area contributed by atoms with Crippen molar-refractivity contribution in [2.24, 2.45) is 0 Å². The highest BCUT2D eigenvalue weighted by molar-refractivity contribution is 9.10. The fourth-order valence-electron chi connectivity index (χ4n) is 2.99. The largest absolute Gasteiger partial charge is 0.460 e. The minimum absolute atomic E-state index is 0.236. The minimum Gasteiger partial charge on any atom is -0.460 e. The third kappa shape index (κ3) is 3.52. The smallest absolute Gasteiger partial charge is 0.302 e. The fourth-order valence-corrected chi connectivity index (χ4v) is 3.52. The van der Waals surface area contributed by atoms with Crippen LogP contribution in [0.3, 0.4) is 0 Å². The second-order valence-corrected chi connectivity index (χ2v) is 7.42. The van der Waals surface area contributed by atoms with Gasteiger partial charge in [0.25, 0.3) is 0 Å². The van der Waals surface area contributed by atoms with E-state index in [0.29, 0.717) is 13.0 Å². The maximum Gasteiger partial charge on any atom is 0.302 e. The summed E-state index contributed by atoms with van der Waals surface area (Å²) in [5.41, 5.74) is 1.51. The van der Waals surface area contributed by atoms with Crippen LogP contribution in [0.2, 0.25) is 0 Å². The van der Waals surface area contributed by atoms with Gasteiger partial charge in [-0.15, -0.1) is 0 Å². The monoisotopic (exact) mass is 438 g/mol. The maximum atomic E-state index is 11.3. The van der Waals surface area contributed by atoms with Crippen molar-refractivity contribution in [3.05, 3.63) is 68.6 Å². The number of hydrogen-bond donors (Lipinski definition) is 0. The first-order valence-electron chi connectivity index (χ1n) is 7.33. The average Bonchev–Trinajstić information content (AvgIpc) is 2.93. The van der Waals surface area contributed by atoms with Gasteiger partial charge in [-0.3, -0.25) is 4.79 Å². The summed E-state index contributed by atoms with van der Waals surface area (Å²) < 4.78 is 13.6. The Hall–Kier alpha value is -1.17. The van der Waals surface area contributed by atoms with Crippen LogP contribution >= 0.6 is 31.9 Å². The maximum absolute atomic E-state index is 11.3. The number of carbonyl (C=O) groups is 1. The first-order chi connectivity index (χ1) is 11.0. The Balaban J connectivity index is 2.02. The number of benzene rings is 2. The van der Waals surface area contributed by atoms with E-state index in [1.54, 1.807) is 0 Å². The van der Waals surface area contributed by atoms with E-state index in [2.05, 4.69) is 31.9 Å². The molecule has 1 aliphatic heterocycles. The molecule has 0 amide bonds. The second-order valence-electron chi connectivity index (χ2n) is 5.59. The van der Waals surface area contributed by atoms with Crippen LogP contribution in [0.4, 0.5) is 0 Å². The van der Waals surface area contributed by atoms with E-state index in [1.807, 2.05) is 48.5 Å². The number of ether oxygens (including phenoxy) is 2. The average molecular weight is 440 g/mol. The molecule has 0 radical (unpaired) electrons. The molecule has 0 saturated carbocycles. The number of esters is 1. The Kier molecular flexibility index (Phi) is 4.90. The lowest BCUT2D eigenvalue weighted by atomic mass is 9.83. The summed E-state index contributed by atoms with van der Waals surface area (Å²) in [6.07, 6.45) is 0.371. The molecule has 0 aromatic heterocycles. The van der Waals surface area contributed by atoms with Crippen LogP contribution in [0, 0.1) is 0 Å². The van der Waals surface area contributed by atoms with Crippen molar-refractivity contribution in [1.29, 1.82) is 0 Å². The molecule has 0 aliphatic carbocycles. The number of rotatable bonds is 3. The molecule has 3 nitrogen and oxygen atoms in total. The van der Waals surface area contributed by atoms with Crippen molar-refractivity contribution in [1.82, 2.24) is 0 Å². The van der Waals surface area contributed by atoms with E-state index in [0.717, 1.165) is 20.1 Å². The summed E-state index contributed by atoms with van der Waals surface area (Å²) in [4.78, 5) is 11.3. The van der Waals surface area contributed by atoms with Crippen LogP contribution in [0.15, 0.2) is 57.5 Å². The van der Waals surface area contributed by atoms with Gasteiger partial charge in [0.15, 0.2) is 0 Å². The van der Waals surface area contributed by atoms with Gasteiger partial charge >= 0.3 is 5.97 Å². The van der Waals surface area contributed by atoms with Gasteiger partial charge in [0.1, 0.15) is 11.7 Å². The second kappa shape index (κ2) is 6.75. The van der Waals surface area contributed by atoms with E-state index in [-0.39, 0.29) is 12.1 Å². The highest BCUT2D eigenvalue weighted by Gasteiger charge is 2.44. The van der Waals surface area contributed by atoms with Crippen molar-refractivity contribution >= 4 is 37.8 Å². The van der Waals surface area contributed by atoms with Gasteiger partial charge in [-0.1, -0.05) is 56.1 Å². The third-order valence-electron chi connectivity index (χ3n) is 3.98. The molecule has 1 atom stereocenters. The van der Waals surface area contributed by atoms with Gasteiger partial charge in [0.2, 0.25) is 0 Å². The Morgan fingerprint density at radius 1 is 1.04 bits per heavy atom. The van der Waals surface area contributed by atoms with Crippen LogP contribution in [0.25, 0.3) is 0 Å². The highest BCUT2D eigenvalue weighted by Crippen LogP contribution is 2.43. The van der Waals surface area contributed by atoms with E-state index >= 15 is 0 Å². The zero-order valence-corrected chi connectivity index (χ0v) is 15.8. The third-order valence-corrected chi connectivity index (χ3v) is 5.04. The van der Waals surface area contributed by atoms with Crippen LogP contribution in [0.1, 0.15) is 24.5 Å². The van der Waals surface area contributed by atoms with Crippen molar-refractivity contribution < 1.29 is 14.3 Å². The van der Waals surface area contributed by atoms with E-state index in [4.69, 9.17) is 9.47 Å². The molecule has 120 valence electrons. The predicted octanol–water partition coefficient (Wildman–Crippen LogP) is 4.81. The Morgan fingerprint density at radius 3 is 1.96 bits per heavy atom. The van der Waals surface area contributed by atoms with Crippen LogP contribution in [-0.4, -0.2) is 18.7 Å². The summed E-state index contributed by atoms with van der Waals surface area (Å²) in [5.74, 6) is -0.277. The Labute approximate surface area is 152 Å². The summed E-state index contributed by atoms with van der Waals surface area (Å²) in [6, 6.07) is 16.2. The molecular weight excluding hydrogens is 424 g/mol. The van der Waals surface area contributed by atoms with Gasteiger partial charge in [-0.05, 0) is 35.4 Å². The molecule has 1 fully saturated rings. The Morgan fingerprint density at radius 2 is 1.52 bits per heavy atom. The first kappa shape index (κ1) is 16.7. The molecule has 2 aromatic rings. The van der Waals surface area contributed by atoms with Crippen molar-refractivity contribution in [3.8, 4) is 0 Å². The van der Waals surface area contributed by atoms with E-state index < -0.39 is 5.60 Å². The molecule has 1 heterocycles. The number of carbonyl (C=O) groups excluding carboxylic acids is 1. The SMILES string of the molecule is CC(=O)OC1COC(c2ccc(Br)cc2)(c2ccc(Br)cc2)C1. The van der Waals surface area contributed by atoms with Crippen molar-refractivity contribution in [3.63, 3.8) is 0 Å². The van der Waals surface area contributed by atoms with Crippen molar-refractivity contribution in [2.45, 2.75) is 25.0 Å². The lowest BCUT2D eigenvalue weighted by Crippen LogP contribution is -2.27. The van der Waals surface area contributed by atoms with Gasteiger partial charge < -0.3 is 9.47 Å². The molecule has 0 bridgehead atoms. The molecular formula is C18H16Br2O3. The fraction of sp³-hybridized carbons (Fsp3) is 0.278. The summed E-state index contributed by atoms with van der Waals surface area (Å²) in [6.45, 7) is 1.82. The Bertz CT molecular complexity index is 650. The predicted molar refractivity (Wildman–Crippen MR) is 95.2 cm³/mol. The first-order valence-corrected chi connectivity index (χ1v) is 8.91. The molecule has 1 unspecified atom stereocenters. The number of hydrogen-bond acceptors (Lipinski definition) is 3. The summed E-state index contributed by atoms with van der Waals surface area (Å²) in [7, 11) is 0. The quantitative estimate of drug-likeness (QED) is 0.644. The minimum atomic E-state index is -0.596. The van der Waals surface area contributed by atoms with Gasteiger partial charge in [0, 0.05) is 22.3 Å². The van der Waals surface area contributed by atoms with E-state index in [9.17, 15) is 4.79 Å². The van der Waals surface area contributed by atoms with Crippen LogP contribution in [-0.2, 0) is 19.9 Å². The van der Waals surface area contributed by atoms with Crippen LogP contribution < -0.4 is 0 Å². The van der Waals surface area contributed by atoms with Gasteiger partial charge in [-0.2, -0.15) is 0 Å². The van der Waals surface area contributed by atoms with E-state index in [1.165, 1.54) is 6.92 Å². The molecule has 0 N–H and O–H groups in total. The molecule has 5 heteroatoms. The lowest BCUT2D eigenvalue weighted by molar-refractivity contribution is -0.146. The number of halogens is 2. The van der Waals surface area contributed by atoms with Crippen molar-refractivity contribution in [2.75, 3.05) is 6.61 Å². The summed E-state index contributed by atoms with van der Waals surface area (Å²) >= 11 is 6.93. The highest BCUT2D eigenvalue weighted by atomic mass is 79.9. The molecule has 1 aliphatic rings. The molecule has 3 rings (SSSR count). The molecule has 0 spiro atoms. The van der Waals surface area contributed by atoms with Gasteiger partial charge in [0.05, 0.1) is 6.61 Å². The zero-order chi connectivity index (χ0) is 16.4. The van der Waals surface area contributed by atoms with Crippen LogP contribution in [0.5, 0.6) is 0 Å².